The third-order valence-electron chi connectivity index (χ3n) is 2.21. The molecule has 1 aromatic carbocycles. The summed E-state index contributed by atoms with van der Waals surface area (Å²) in [5.74, 6) is 0. The van der Waals surface area contributed by atoms with Gasteiger partial charge in [-0.3, -0.25) is 4.79 Å². The molecule has 0 fully saturated rings. The van der Waals surface area contributed by atoms with Crippen molar-refractivity contribution in [2.75, 3.05) is 5.73 Å². The molecule has 0 radical (unpaired) electrons. The van der Waals surface area contributed by atoms with Gasteiger partial charge in [0.25, 0.3) is 5.56 Å². The average molecular weight is 280 g/mol. The number of aromatic nitrogens is 2. The number of aryl methyl sites for hydroxylation is 1. The van der Waals surface area contributed by atoms with Crippen molar-refractivity contribution < 1.29 is 0 Å². The Morgan fingerprint density at radius 2 is 2.12 bits per heavy atom. The number of hydrogen-bond acceptors (Lipinski definition) is 3. The zero-order valence-corrected chi connectivity index (χ0v) is 10.2. The minimum Gasteiger partial charge on any atom is -0.394 e. The molecular formula is C11H10BrN3O. The molecule has 0 spiro atoms. The van der Waals surface area contributed by atoms with Crippen LogP contribution >= 0.6 is 15.9 Å². The fourth-order valence-corrected chi connectivity index (χ4v) is 1.82. The summed E-state index contributed by atoms with van der Waals surface area (Å²) in [4.78, 5) is 11.4. The van der Waals surface area contributed by atoms with E-state index in [1.165, 1.54) is 4.68 Å². The predicted molar refractivity (Wildman–Crippen MR) is 67.0 cm³/mol. The van der Waals surface area contributed by atoms with E-state index < -0.39 is 0 Å². The van der Waals surface area contributed by atoms with Crippen molar-refractivity contribution in [3.63, 3.8) is 0 Å². The fourth-order valence-electron chi connectivity index (χ4n) is 1.42. The molecule has 1 aromatic heterocycles. The van der Waals surface area contributed by atoms with Crippen LogP contribution in [0.4, 0.5) is 5.69 Å². The van der Waals surface area contributed by atoms with Gasteiger partial charge in [0.1, 0.15) is 5.69 Å². The number of rotatable bonds is 1. The topological polar surface area (TPSA) is 60.9 Å². The van der Waals surface area contributed by atoms with E-state index in [4.69, 9.17) is 5.73 Å². The summed E-state index contributed by atoms with van der Waals surface area (Å²) in [6.45, 7) is 0. The summed E-state index contributed by atoms with van der Waals surface area (Å²) < 4.78 is 2.20. The molecule has 0 saturated heterocycles. The number of anilines is 1. The van der Waals surface area contributed by atoms with Gasteiger partial charge in [0.2, 0.25) is 0 Å². The Bertz CT molecular complexity index is 566. The highest BCUT2D eigenvalue weighted by Gasteiger charge is 2.05. The Hall–Kier alpha value is -1.62. The molecule has 16 heavy (non-hydrogen) atoms. The Labute approximate surface area is 101 Å². The Morgan fingerprint density at radius 1 is 1.38 bits per heavy atom. The lowest BCUT2D eigenvalue weighted by Crippen LogP contribution is -2.22. The van der Waals surface area contributed by atoms with Crippen LogP contribution in [0, 0.1) is 0 Å². The molecule has 5 heteroatoms. The van der Waals surface area contributed by atoms with Crippen molar-refractivity contribution in [2.24, 2.45) is 7.05 Å². The van der Waals surface area contributed by atoms with Gasteiger partial charge in [-0.2, -0.15) is 5.10 Å². The lowest BCUT2D eigenvalue weighted by atomic mass is 10.1. The molecule has 0 aliphatic heterocycles. The summed E-state index contributed by atoms with van der Waals surface area (Å²) in [5, 5.41) is 4.15. The third-order valence-corrected chi connectivity index (χ3v) is 2.70. The first-order chi connectivity index (χ1) is 7.58. The number of nitrogens with zero attached hydrogens (tertiary/aromatic N) is 2. The lowest BCUT2D eigenvalue weighted by molar-refractivity contribution is 0.715. The van der Waals surface area contributed by atoms with Gasteiger partial charge in [0.05, 0.1) is 5.69 Å². The summed E-state index contributed by atoms with van der Waals surface area (Å²) in [7, 11) is 1.58. The predicted octanol–water partition coefficient (Wildman–Crippen LogP) is 1.79. The van der Waals surface area contributed by atoms with Gasteiger partial charge in [-0.05, 0) is 18.2 Å². The molecule has 0 atom stereocenters. The molecule has 0 unspecified atom stereocenters. The fraction of sp³-hybridized carbons (Fsp3) is 0.0909. The Morgan fingerprint density at radius 3 is 2.75 bits per heavy atom. The molecule has 0 bridgehead atoms. The van der Waals surface area contributed by atoms with Crippen LogP contribution in [0.5, 0.6) is 0 Å². The van der Waals surface area contributed by atoms with Crippen molar-refractivity contribution >= 4 is 21.6 Å². The normalized spacial score (nSPS) is 10.4. The zero-order valence-electron chi connectivity index (χ0n) is 8.64. The van der Waals surface area contributed by atoms with Crippen molar-refractivity contribution in [1.29, 1.82) is 0 Å². The van der Waals surface area contributed by atoms with E-state index in [1.54, 1.807) is 13.1 Å². The van der Waals surface area contributed by atoms with Crippen molar-refractivity contribution in [2.45, 2.75) is 0 Å². The van der Waals surface area contributed by atoms with Crippen LogP contribution in [0.3, 0.4) is 0 Å². The van der Waals surface area contributed by atoms with E-state index in [9.17, 15) is 4.79 Å². The van der Waals surface area contributed by atoms with E-state index in [-0.39, 0.29) is 11.2 Å². The van der Waals surface area contributed by atoms with E-state index in [0.717, 1.165) is 10.0 Å². The first-order valence-electron chi connectivity index (χ1n) is 4.67. The summed E-state index contributed by atoms with van der Waals surface area (Å²) >= 11 is 3.38. The van der Waals surface area contributed by atoms with E-state index in [0.29, 0.717) is 5.69 Å². The van der Waals surface area contributed by atoms with Gasteiger partial charge in [-0.25, -0.2) is 4.68 Å². The van der Waals surface area contributed by atoms with E-state index in [1.807, 2.05) is 24.3 Å². The minimum absolute atomic E-state index is 0.201. The number of hydrogen-bond donors (Lipinski definition) is 1. The number of nitrogen functional groups attached to an aromatic ring is 1. The van der Waals surface area contributed by atoms with Crippen LogP contribution in [-0.2, 0) is 7.05 Å². The lowest BCUT2D eigenvalue weighted by Gasteiger charge is -2.05. The van der Waals surface area contributed by atoms with Gasteiger partial charge in [0, 0.05) is 17.1 Å². The molecule has 1 heterocycles. The molecule has 82 valence electrons. The SMILES string of the molecule is Cn1nc(-c2cccc(Br)c2)cc(N)c1=O. The molecule has 2 rings (SSSR count). The summed E-state index contributed by atoms with van der Waals surface area (Å²) in [6.07, 6.45) is 0. The van der Waals surface area contributed by atoms with Gasteiger partial charge < -0.3 is 5.73 Å². The monoisotopic (exact) mass is 279 g/mol. The maximum atomic E-state index is 11.4. The van der Waals surface area contributed by atoms with Crippen molar-refractivity contribution in [3.8, 4) is 11.3 Å². The number of halogens is 1. The maximum absolute atomic E-state index is 11.4. The first-order valence-corrected chi connectivity index (χ1v) is 5.47. The van der Waals surface area contributed by atoms with Gasteiger partial charge >= 0.3 is 0 Å². The standard InChI is InChI=1S/C11H10BrN3O/c1-15-11(16)9(13)6-10(14-15)7-3-2-4-8(12)5-7/h2-6H,13H2,1H3. The second kappa shape index (κ2) is 4.09. The van der Waals surface area contributed by atoms with Crippen molar-refractivity contribution in [3.05, 3.63) is 45.2 Å². The molecule has 0 amide bonds. The Kier molecular flexibility index (Phi) is 2.78. The summed E-state index contributed by atoms with van der Waals surface area (Å²) in [6, 6.07) is 9.25. The van der Waals surface area contributed by atoms with Crippen LogP contribution in [-0.4, -0.2) is 9.78 Å². The van der Waals surface area contributed by atoms with Crippen LogP contribution < -0.4 is 11.3 Å². The smallest absolute Gasteiger partial charge is 0.289 e. The van der Waals surface area contributed by atoms with Crippen LogP contribution in [0.2, 0.25) is 0 Å². The van der Waals surface area contributed by atoms with E-state index in [2.05, 4.69) is 21.0 Å². The molecule has 0 aliphatic carbocycles. The molecular weight excluding hydrogens is 270 g/mol. The second-order valence-electron chi connectivity index (χ2n) is 3.42. The number of benzene rings is 1. The second-order valence-corrected chi connectivity index (χ2v) is 4.34. The van der Waals surface area contributed by atoms with Gasteiger partial charge in [0.15, 0.2) is 0 Å². The van der Waals surface area contributed by atoms with Crippen LogP contribution in [0.25, 0.3) is 11.3 Å². The third kappa shape index (κ3) is 1.99. The zero-order chi connectivity index (χ0) is 11.7. The van der Waals surface area contributed by atoms with E-state index >= 15 is 0 Å². The average Bonchev–Trinajstić information content (AvgIpc) is 2.25. The highest BCUT2D eigenvalue weighted by molar-refractivity contribution is 9.10. The maximum Gasteiger partial charge on any atom is 0.289 e. The highest BCUT2D eigenvalue weighted by atomic mass is 79.9. The van der Waals surface area contributed by atoms with Crippen LogP contribution in [0.15, 0.2) is 39.6 Å². The molecule has 4 nitrogen and oxygen atoms in total. The Balaban J connectivity index is 2.61. The molecule has 0 saturated carbocycles. The summed E-state index contributed by atoms with van der Waals surface area (Å²) in [5.41, 5.74) is 7.13. The quantitative estimate of drug-likeness (QED) is 0.866. The molecule has 2 aromatic rings. The van der Waals surface area contributed by atoms with Gasteiger partial charge in [-0.15, -0.1) is 0 Å². The van der Waals surface area contributed by atoms with Crippen molar-refractivity contribution in [1.82, 2.24) is 9.78 Å². The highest BCUT2D eigenvalue weighted by Crippen LogP contribution is 2.21. The molecule has 2 N–H and O–H groups in total. The minimum atomic E-state index is -0.279. The number of nitrogens with two attached hydrogens (primary N) is 1. The molecule has 0 aliphatic rings. The first kappa shape index (κ1) is 10.9. The largest absolute Gasteiger partial charge is 0.394 e. The van der Waals surface area contributed by atoms with Crippen LogP contribution in [0.1, 0.15) is 0 Å². The van der Waals surface area contributed by atoms with Gasteiger partial charge in [-0.1, -0.05) is 28.1 Å².